The highest BCUT2D eigenvalue weighted by molar-refractivity contribution is 6.50. The topological polar surface area (TPSA) is 75.2 Å². The predicted octanol–water partition coefficient (Wildman–Crippen LogP) is 3.71. The number of nitro benzene ring substituents is 1. The fraction of sp³-hybridized carbons (Fsp3) is 0. The minimum Gasteiger partial charge on any atom is -0.418 e. The third-order valence-corrected chi connectivity index (χ3v) is 4.05. The van der Waals surface area contributed by atoms with Crippen molar-refractivity contribution in [3.8, 4) is 0 Å². The Bertz CT molecular complexity index is 1040. The molecule has 0 radical (unpaired) electrons. The van der Waals surface area contributed by atoms with E-state index in [0.29, 0.717) is 5.84 Å². The fourth-order valence-corrected chi connectivity index (χ4v) is 2.75. The van der Waals surface area contributed by atoms with Gasteiger partial charge in [0, 0.05) is 29.8 Å². The van der Waals surface area contributed by atoms with Crippen LogP contribution in [0.4, 0.5) is 34.3 Å². The monoisotopic (exact) mass is 433 g/mol. The first-order chi connectivity index (χ1) is 14.7. The molecule has 1 atom stereocenters. The minimum absolute atomic E-state index is 0.0551. The van der Waals surface area contributed by atoms with E-state index in [2.05, 4.69) is 5.43 Å². The number of nitrogens with zero attached hydrogens (tertiary/aromatic N) is 3. The summed E-state index contributed by atoms with van der Waals surface area (Å²) in [6.45, 7) is 0. The summed E-state index contributed by atoms with van der Waals surface area (Å²) >= 11 is 0. The van der Waals surface area contributed by atoms with E-state index in [-0.39, 0.29) is 5.69 Å². The zero-order valence-corrected chi connectivity index (χ0v) is 15.8. The number of rotatable bonds is 4. The maximum absolute atomic E-state index is 10.9. The van der Waals surface area contributed by atoms with Gasteiger partial charge in [-0.15, -0.1) is 0 Å². The quantitative estimate of drug-likeness (QED) is 0.285. The zero-order chi connectivity index (χ0) is 22.4. The standard InChI is InChI=1S/C19H15N5O2.BF4/c25-24(26)18-13-11-15(12-14-18)19-20-22(16-7-3-1-4-8-16)23(21-19)17-9-5-2-6-10-17;2-1(3,4)5/h1-14H,(H,20,21);/q;-1/p+1. The molecule has 1 aliphatic heterocycles. The van der Waals surface area contributed by atoms with Crippen LogP contribution in [0.1, 0.15) is 5.56 Å². The summed E-state index contributed by atoms with van der Waals surface area (Å²) < 4.78 is 39.0. The SMILES string of the molecule is F[B-](F)(F)F.O=[N+]([O-])c1ccc(C2=N[NH+](c3ccccc3)N(c3ccccc3)N2)cc1. The van der Waals surface area contributed by atoms with Gasteiger partial charge in [-0.3, -0.25) is 10.1 Å². The lowest BCUT2D eigenvalue weighted by Crippen LogP contribution is -3.10. The summed E-state index contributed by atoms with van der Waals surface area (Å²) in [6.07, 6.45) is 0. The maximum atomic E-state index is 10.9. The van der Waals surface area contributed by atoms with E-state index in [1.165, 1.54) is 12.1 Å². The zero-order valence-electron chi connectivity index (χ0n) is 15.8. The van der Waals surface area contributed by atoms with Gasteiger partial charge in [0.05, 0.1) is 4.92 Å². The number of quaternary nitrogens is 1. The van der Waals surface area contributed by atoms with Crippen LogP contribution in [0, 0.1) is 10.1 Å². The molecule has 0 fully saturated rings. The van der Waals surface area contributed by atoms with E-state index >= 15 is 0 Å². The van der Waals surface area contributed by atoms with Crippen LogP contribution in [0.2, 0.25) is 0 Å². The molecule has 1 aliphatic rings. The van der Waals surface area contributed by atoms with E-state index in [0.717, 1.165) is 22.1 Å². The highest BCUT2D eigenvalue weighted by Crippen LogP contribution is 2.16. The number of nitrogens with one attached hydrogen (secondary N) is 2. The molecular weight excluding hydrogens is 417 g/mol. The number of hydrogen-bond donors (Lipinski definition) is 2. The first kappa shape index (κ1) is 21.8. The summed E-state index contributed by atoms with van der Waals surface area (Å²) in [6, 6.07) is 26.1. The van der Waals surface area contributed by atoms with Gasteiger partial charge in [0.1, 0.15) is 5.69 Å². The molecule has 1 heterocycles. The summed E-state index contributed by atoms with van der Waals surface area (Å²) in [5.41, 5.74) is 6.06. The van der Waals surface area contributed by atoms with Crippen molar-refractivity contribution in [3.63, 3.8) is 0 Å². The normalized spacial score (nSPS) is 15.4. The molecule has 0 amide bonds. The van der Waals surface area contributed by atoms with Gasteiger partial charge in [0.25, 0.3) is 5.69 Å². The summed E-state index contributed by atoms with van der Waals surface area (Å²) in [7, 11) is -6.00. The van der Waals surface area contributed by atoms with Gasteiger partial charge in [0.15, 0.2) is 5.69 Å². The molecule has 3 aromatic rings. The number of halogens is 4. The van der Waals surface area contributed by atoms with Crippen molar-refractivity contribution < 1.29 is 27.3 Å². The van der Waals surface area contributed by atoms with E-state index in [9.17, 15) is 27.4 Å². The fourth-order valence-electron chi connectivity index (χ4n) is 2.75. The summed E-state index contributed by atoms with van der Waals surface area (Å²) in [5.74, 6) is 0.641. The second-order valence-corrected chi connectivity index (χ2v) is 6.23. The minimum atomic E-state index is -6.00. The van der Waals surface area contributed by atoms with Crippen LogP contribution in [0.15, 0.2) is 90.0 Å². The van der Waals surface area contributed by atoms with Gasteiger partial charge in [0.2, 0.25) is 5.84 Å². The Kier molecular flexibility index (Phi) is 6.51. The van der Waals surface area contributed by atoms with Crippen molar-refractivity contribution in [1.82, 2.24) is 5.43 Å². The first-order valence-corrected chi connectivity index (χ1v) is 8.97. The van der Waals surface area contributed by atoms with Crippen LogP contribution in [0.5, 0.6) is 0 Å². The van der Waals surface area contributed by atoms with Crippen LogP contribution in [-0.4, -0.2) is 18.0 Å². The smallest absolute Gasteiger partial charge is 0.418 e. The van der Waals surface area contributed by atoms with Crippen molar-refractivity contribution >= 4 is 30.2 Å². The van der Waals surface area contributed by atoms with Gasteiger partial charge in [-0.05, 0) is 29.4 Å². The maximum Gasteiger partial charge on any atom is 0.673 e. The molecule has 0 saturated carbocycles. The van der Waals surface area contributed by atoms with Crippen molar-refractivity contribution in [2.24, 2.45) is 5.10 Å². The Labute approximate surface area is 174 Å². The van der Waals surface area contributed by atoms with Crippen molar-refractivity contribution in [3.05, 3.63) is 101 Å². The number of anilines is 1. The molecule has 31 heavy (non-hydrogen) atoms. The van der Waals surface area contributed by atoms with Gasteiger partial charge in [-0.2, -0.15) is 0 Å². The second kappa shape index (κ2) is 9.26. The van der Waals surface area contributed by atoms with Gasteiger partial charge in [-0.25, -0.2) is 5.43 Å². The van der Waals surface area contributed by atoms with E-state index in [1.807, 2.05) is 65.8 Å². The van der Waals surface area contributed by atoms with E-state index in [1.54, 1.807) is 12.1 Å². The van der Waals surface area contributed by atoms with Crippen LogP contribution in [-0.2, 0) is 0 Å². The van der Waals surface area contributed by atoms with Crippen LogP contribution in [0.25, 0.3) is 0 Å². The molecule has 4 rings (SSSR count). The molecule has 0 saturated heterocycles. The molecule has 0 aliphatic carbocycles. The molecule has 3 aromatic carbocycles. The molecule has 2 N–H and O–H groups in total. The number of non-ortho nitro benzene ring substituents is 1. The molecule has 12 heteroatoms. The molecule has 7 nitrogen and oxygen atoms in total. The van der Waals surface area contributed by atoms with Gasteiger partial charge >= 0.3 is 7.25 Å². The number of hydrazine groups is 1. The average molecular weight is 433 g/mol. The lowest BCUT2D eigenvalue weighted by molar-refractivity contribution is -0.846. The molecule has 0 aromatic heterocycles. The van der Waals surface area contributed by atoms with Crippen LogP contribution >= 0.6 is 0 Å². The number of amidine groups is 1. The lowest BCUT2D eigenvalue weighted by Gasteiger charge is -2.21. The van der Waals surface area contributed by atoms with Crippen molar-refractivity contribution in [2.75, 3.05) is 5.12 Å². The molecule has 160 valence electrons. The number of para-hydroxylation sites is 1. The Morgan fingerprint density at radius 2 is 1.39 bits per heavy atom. The summed E-state index contributed by atoms with van der Waals surface area (Å²) in [5, 5.41) is 18.3. The lowest BCUT2D eigenvalue weighted by atomic mass is 10.2. The van der Waals surface area contributed by atoms with Crippen LogP contribution in [0.3, 0.4) is 0 Å². The predicted molar refractivity (Wildman–Crippen MR) is 109 cm³/mol. The number of hydrogen-bond acceptors (Lipinski definition) is 5. The van der Waals surface area contributed by atoms with Crippen LogP contribution < -0.4 is 15.7 Å². The molecular formula is C19H16BF4N5O2. The highest BCUT2D eigenvalue weighted by Gasteiger charge is 2.32. The second-order valence-electron chi connectivity index (χ2n) is 6.23. The Hall–Kier alpha value is -3.93. The molecule has 0 bridgehead atoms. The van der Waals surface area contributed by atoms with Gasteiger partial charge < -0.3 is 17.3 Å². The molecule has 0 spiro atoms. The largest absolute Gasteiger partial charge is 0.673 e. The Balaban J connectivity index is 0.000000491. The van der Waals surface area contributed by atoms with E-state index in [4.69, 9.17) is 5.10 Å². The molecule has 1 unspecified atom stereocenters. The summed E-state index contributed by atoms with van der Waals surface area (Å²) in [4.78, 5) is 10.4. The van der Waals surface area contributed by atoms with E-state index < -0.39 is 12.2 Å². The number of nitro groups is 1. The number of benzene rings is 3. The average Bonchev–Trinajstić information content (AvgIpc) is 3.19. The third-order valence-electron chi connectivity index (χ3n) is 4.05. The first-order valence-electron chi connectivity index (χ1n) is 8.97. The Morgan fingerprint density at radius 1 is 0.871 bits per heavy atom. The van der Waals surface area contributed by atoms with Crippen molar-refractivity contribution in [2.45, 2.75) is 0 Å². The third kappa shape index (κ3) is 6.03. The Morgan fingerprint density at radius 3 is 1.90 bits per heavy atom. The highest BCUT2D eigenvalue weighted by atomic mass is 19.5. The van der Waals surface area contributed by atoms with Crippen molar-refractivity contribution in [1.29, 1.82) is 0 Å². The van der Waals surface area contributed by atoms with Gasteiger partial charge in [-0.1, -0.05) is 46.6 Å².